The van der Waals surface area contributed by atoms with Gasteiger partial charge in [-0.2, -0.15) is 5.10 Å². The second-order valence-electron chi connectivity index (χ2n) is 6.08. The molecule has 1 aliphatic heterocycles. The summed E-state index contributed by atoms with van der Waals surface area (Å²) in [6.07, 6.45) is 6.18. The number of ether oxygens (including phenoxy) is 2. The smallest absolute Gasteiger partial charge is 0.155 e. The van der Waals surface area contributed by atoms with E-state index in [0.29, 0.717) is 37.4 Å². The maximum absolute atomic E-state index is 11.2. The summed E-state index contributed by atoms with van der Waals surface area (Å²) in [6.45, 7) is 5.69. The molecule has 3 rings (SSSR count). The third-order valence-corrected chi connectivity index (χ3v) is 4.41. The lowest BCUT2D eigenvalue weighted by Gasteiger charge is -2.23. The molecule has 0 atom stereocenters. The molecule has 0 saturated heterocycles. The summed E-state index contributed by atoms with van der Waals surface area (Å²) in [6, 6.07) is 2.24. The van der Waals surface area contributed by atoms with E-state index in [1.165, 1.54) is 12.4 Å². The zero-order chi connectivity index (χ0) is 17.8. The Bertz CT molecular complexity index is 799. The van der Waals surface area contributed by atoms with Crippen LogP contribution in [-0.2, 0) is 4.74 Å². The molecule has 132 valence electrons. The summed E-state index contributed by atoms with van der Waals surface area (Å²) in [5.41, 5.74) is 3.57. The van der Waals surface area contributed by atoms with Gasteiger partial charge in [-0.05, 0) is 31.9 Å². The molecule has 0 radical (unpaired) electrons. The van der Waals surface area contributed by atoms with Crippen molar-refractivity contribution in [2.24, 2.45) is 0 Å². The van der Waals surface area contributed by atoms with Gasteiger partial charge in [0.2, 0.25) is 0 Å². The zero-order valence-electron chi connectivity index (χ0n) is 14.2. The SMILES string of the molecule is CC(C)n1nccc1C1=C(COc2cncc(Cl)c2C=O)CCOC1. The number of hydrogen-bond donors (Lipinski definition) is 0. The van der Waals surface area contributed by atoms with E-state index in [-0.39, 0.29) is 11.1 Å². The Morgan fingerprint density at radius 3 is 3.04 bits per heavy atom. The number of halogens is 1. The molecule has 6 nitrogen and oxygen atoms in total. The maximum atomic E-state index is 11.2. The Kier molecular flexibility index (Phi) is 5.50. The van der Waals surface area contributed by atoms with Crippen LogP contribution in [0.15, 0.2) is 30.2 Å². The minimum Gasteiger partial charge on any atom is -0.487 e. The van der Waals surface area contributed by atoms with E-state index in [1.54, 1.807) is 6.20 Å². The highest BCUT2D eigenvalue weighted by molar-refractivity contribution is 6.33. The van der Waals surface area contributed by atoms with Crippen molar-refractivity contribution in [3.05, 3.63) is 46.5 Å². The number of aromatic nitrogens is 3. The van der Waals surface area contributed by atoms with E-state index in [0.717, 1.165) is 23.3 Å². The lowest BCUT2D eigenvalue weighted by Crippen LogP contribution is -2.18. The first-order valence-corrected chi connectivity index (χ1v) is 8.53. The fourth-order valence-electron chi connectivity index (χ4n) is 2.82. The average molecular weight is 362 g/mol. The van der Waals surface area contributed by atoms with Gasteiger partial charge in [0.05, 0.1) is 35.7 Å². The van der Waals surface area contributed by atoms with Gasteiger partial charge in [-0.1, -0.05) is 11.6 Å². The van der Waals surface area contributed by atoms with Gasteiger partial charge in [0.1, 0.15) is 12.4 Å². The largest absolute Gasteiger partial charge is 0.487 e. The van der Waals surface area contributed by atoms with Gasteiger partial charge in [-0.15, -0.1) is 0 Å². The average Bonchev–Trinajstić information content (AvgIpc) is 3.10. The minimum atomic E-state index is 0.250. The number of hydrogen-bond acceptors (Lipinski definition) is 5. The number of carbonyl (C=O) groups is 1. The quantitative estimate of drug-likeness (QED) is 0.736. The highest BCUT2D eigenvalue weighted by Gasteiger charge is 2.20. The van der Waals surface area contributed by atoms with Crippen molar-refractivity contribution in [1.82, 2.24) is 14.8 Å². The van der Waals surface area contributed by atoms with Crippen LogP contribution in [0, 0.1) is 0 Å². The van der Waals surface area contributed by atoms with Gasteiger partial charge in [0.15, 0.2) is 6.29 Å². The van der Waals surface area contributed by atoms with Crippen molar-refractivity contribution < 1.29 is 14.3 Å². The van der Waals surface area contributed by atoms with Crippen LogP contribution >= 0.6 is 11.6 Å². The fourth-order valence-corrected chi connectivity index (χ4v) is 3.02. The normalized spacial score (nSPS) is 14.9. The molecular weight excluding hydrogens is 342 g/mol. The molecule has 0 N–H and O–H groups in total. The molecule has 1 aliphatic rings. The number of rotatable bonds is 6. The Labute approximate surface area is 151 Å². The van der Waals surface area contributed by atoms with E-state index < -0.39 is 0 Å². The monoisotopic (exact) mass is 361 g/mol. The van der Waals surface area contributed by atoms with E-state index in [2.05, 4.69) is 23.9 Å². The van der Waals surface area contributed by atoms with Crippen LogP contribution in [-0.4, -0.2) is 40.9 Å². The van der Waals surface area contributed by atoms with Gasteiger partial charge in [-0.25, -0.2) is 0 Å². The molecule has 2 aromatic rings. The van der Waals surface area contributed by atoms with E-state index in [4.69, 9.17) is 21.1 Å². The third kappa shape index (κ3) is 3.75. The number of pyridine rings is 1. The van der Waals surface area contributed by atoms with Crippen LogP contribution in [0.4, 0.5) is 0 Å². The maximum Gasteiger partial charge on any atom is 0.155 e. The molecular formula is C18H20ClN3O3. The van der Waals surface area contributed by atoms with Crippen LogP contribution < -0.4 is 4.74 Å². The molecule has 3 heterocycles. The second kappa shape index (κ2) is 7.80. The van der Waals surface area contributed by atoms with Crippen molar-refractivity contribution in [2.75, 3.05) is 19.8 Å². The van der Waals surface area contributed by atoms with Gasteiger partial charge in [0.25, 0.3) is 0 Å². The zero-order valence-corrected chi connectivity index (χ0v) is 15.0. The topological polar surface area (TPSA) is 66.2 Å². The molecule has 0 amide bonds. The molecule has 0 aliphatic carbocycles. The Hall–Kier alpha value is -2.18. The molecule has 2 aromatic heterocycles. The highest BCUT2D eigenvalue weighted by Crippen LogP contribution is 2.29. The van der Waals surface area contributed by atoms with Crippen LogP contribution in [0.25, 0.3) is 5.57 Å². The number of aldehydes is 1. The summed E-state index contributed by atoms with van der Waals surface area (Å²) in [4.78, 5) is 15.2. The summed E-state index contributed by atoms with van der Waals surface area (Å²) in [5, 5.41) is 4.68. The lowest BCUT2D eigenvalue weighted by atomic mass is 10.0. The first kappa shape index (κ1) is 17.6. The summed E-state index contributed by atoms with van der Waals surface area (Å²) >= 11 is 6.00. The molecule has 0 aromatic carbocycles. The molecule has 7 heteroatoms. The van der Waals surface area contributed by atoms with Gasteiger partial charge in [-0.3, -0.25) is 14.5 Å². The molecule has 0 unspecified atom stereocenters. The van der Waals surface area contributed by atoms with Crippen LogP contribution in [0.1, 0.15) is 42.4 Å². The number of carbonyl (C=O) groups excluding carboxylic acids is 1. The van der Waals surface area contributed by atoms with Crippen LogP contribution in [0.5, 0.6) is 5.75 Å². The predicted octanol–water partition coefficient (Wildman–Crippen LogP) is 3.58. The third-order valence-electron chi connectivity index (χ3n) is 4.11. The van der Waals surface area contributed by atoms with E-state index >= 15 is 0 Å². The molecule has 0 saturated carbocycles. The second-order valence-corrected chi connectivity index (χ2v) is 6.49. The van der Waals surface area contributed by atoms with E-state index in [1.807, 2.05) is 10.7 Å². The molecule has 0 fully saturated rings. The fraction of sp³-hybridized carbons (Fsp3) is 0.389. The standard InChI is InChI=1S/C18H20ClN3O3/c1-12(2)22-17(3-5-21-22)15-11-24-6-4-13(15)10-25-18-8-20-7-16(19)14(18)9-23/h3,5,7-9,12H,4,6,10-11H2,1-2H3. The van der Waals surface area contributed by atoms with E-state index in [9.17, 15) is 4.79 Å². The van der Waals surface area contributed by atoms with Crippen molar-refractivity contribution in [2.45, 2.75) is 26.3 Å². The Morgan fingerprint density at radius 1 is 1.44 bits per heavy atom. The molecule has 25 heavy (non-hydrogen) atoms. The van der Waals surface area contributed by atoms with Crippen LogP contribution in [0.2, 0.25) is 5.02 Å². The first-order chi connectivity index (χ1) is 12.1. The van der Waals surface area contributed by atoms with Crippen molar-refractivity contribution >= 4 is 23.5 Å². The van der Waals surface area contributed by atoms with Crippen molar-refractivity contribution in [3.63, 3.8) is 0 Å². The summed E-state index contributed by atoms with van der Waals surface area (Å²) < 4.78 is 13.5. The van der Waals surface area contributed by atoms with Crippen molar-refractivity contribution in [1.29, 1.82) is 0 Å². The Balaban J connectivity index is 1.89. The van der Waals surface area contributed by atoms with Gasteiger partial charge in [0, 0.05) is 24.0 Å². The molecule has 0 spiro atoms. The number of nitrogens with zero attached hydrogens (tertiary/aromatic N) is 3. The van der Waals surface area contributed by atoms with Gasteiger partial charge < -0.3 is 9.47 Å². The van der Waals surface area contributed by atoms with Crippen LogP contribution in [0.3, 0.4) is 0 Å². The summed E-state index contributed by atoms with van der Waals surface area (Å²) in [5.74, 6) is 0.387. The lowest BCUT2D eigenvalue weighted by molar-refractivity contribution is 0.111. The summed E-state index contributed by atoms with van der Waals surface area (Å²) in [7, 11) is 0. The van der Waals surface area contributed by atoms with Gasteiger partial charge >= 0.3 is 0 Å². The van der Waals surface area contributed by atoms with Crippen molar-refractivity contribution in [3.8, 4) is 5.75 Å². The highest BCUT2D eigenvalue weighted by atomic mass is 35.5. The Morgan fingerprint density at radius 2 is 2.28 bits per heavy atom. The predicted molar refractivity (Wildman–Crippen MR) is 95.1 cm³/mol. The first-order valence-electron chi connectivity index (χ1n) is 8.15. The molecule has 0 bridgehead atoms. The minimum absolute atomic E-state index is 0.250.